The van der Waals surface area contributed by atoms with Crippen molar-refractivity contribution in [1.29, 1.82) is 0 Å². The molecule has 19 heavy (non-hydrogen) atoms. The number of carbonyl (C=O) groups is 1. The third-order valence-electron chi connectivity index (χ3n) is 3.59. The molecule has 3 N–H and O–H groups in total. The van der Waals surface area contributed by atoms with Gasteiger partial charge in [0.05, 0.1) is 5.69 Å². The quantitative estimate of drug-likeness (QED) is 0.871. The molecule has 0 aliphatic heterocycles. The van der Waals surface area contributed by atoms with E-state index >= 15 is 0 Å². The zero-order valence-electron chi connectivity index (χ0n) is 10.4. The molecule has 3 nitrogen and oxygen atoms in total. The summed E-state index contributed by atoms with van der Waals surface area (Å²) >= 11 is 4.90. The van der Waals surface area contributed by atoms with Crippen LogP contribution in [-0.4, -0.2) is 11.9 Å². The molecule has 1 saturated carbocycles. The van der Waals surface area contributed by atoms with Crippen molar-refractivity contribution in [1.82, 2.24) is 5.32 Å². The number of hydrogen-bond donors (Lipinski definition) is 2. The van der Waals surface area contributed by atoms with Gasteiger partial charge < -0.3 is 11.1 Å². The predicted molar refractivity (Wildman–Crippen MR) is 83.7 cm³/mol. The molecule has 5 heteroatoms. The molecule has 1 aromatic heterocycles. The molecule has 2 aromatic rings. The van der Waals surface area contributed by atoms with Gasteiger partial charge in [-0.3, -0.25) is 4.79 Å². The van der Waals surface area contributed by atoms with Crippen LogP contribution in [0.5, 0.6) is 0 Å². The number of nitrogens with two attached hydrogens (primary N) is 1. The van der Waals surface area contributed by atoms with Crippen LogP contribution in [0.4, 0.5) is 5.69 Å². The molecule has 1 aliphatic rings. The lowest BCUT2D eigenvalue weighted by atomic mass is 10.2. The monoisotopic (exact) mass is 338 g/mol. The number of rotatable bonds is 2. The van der Waals surface area contributed by atoms with Crippen molar-refractivity contribution >= 4 is 48.9 Å². The second kappa shape index (κ2) is 5.13. The number of thiophene rings is 1. The maximum absolute atomic E-state index is 12.3. The van der Waals surface area contributed by atoms with Gasteiger partial charge in [-0.2, -0.15) is 0 Å². The van der Waals surface area contributed by atoms with Crippen molar-refractivity contribution < 1.29 is 4.79 Å². The first-order valence-corrected chi connectivity index (χ1v) is 8.04. The van der Waals surface area contributed by atoms with Crippen LogP contribution in [0.25, 0.3) is 10.1 Å². The summed E-state index contributed by atoms with van der Waals surface area (Å²) in [5, 5.41) is 4.05. The molecule has 3 rings (SSSR count). The van der Waals surface area contributed by atoms with Crippen LogP contribution in [0.3, 0.4) is 0 Å². The lowest BCUT2D eigenvalue weighted by Gasteiger charge is -2.10. The van der Waals surface area contributed by atoms with Crippen LogP contribution >= 0.6 is 27.3 Å². The Morgan fingerprint density at radius 2 is 2.11 bits per heavy atom. The summed E-state index contributed by atoms with van der Waals surface area (Å²) in [6.45, 7) is 0. The molecule has 0 radical (unpaired) electrons. The van der Waals surface area contributed by atoms with Crippen molar-refractivity contribution in [3.05, 3.63) is 27.5 Å². The highest BCUT2D eigenvalue weighted by Gasteiger charge is 2.21. The molecular formula is C14H15BrN2OS. The van der Waals surface area contributed by atoms with E-state index in [0.29, 0.717) is 16.6 Å². The second-order valence-corrected chi connectivity index (χ2v) is 6.91. The Morgan fingerprint density at radius 3 is 2.84 bits per heavy atom. The first-order chi connectivity index (χ1) is 9.15. The topological polar surface area (TPSA) is 55.1 Å². The van der Waals surface area contributed by atoms with Crippen molar-refractivity contribution in [2.75, 3.05) is 5.73 Å². The number of carbonyl (C=O) groups excluding carboxylic acids is 1. The molecule has 0 unspecified atom stereocenters. The summed E-state index contributed by atoms with van der Waals surface area (Å²) in [6.07, 6.45) is 4.59. The lowest BCUT2D eigenvalue weighted by molar-refractivity contribution is 0.0943. The minimum absolute atomic E-state index is 0.0262. The first kappa shape index (κ1) is 12.9. The van der Waals surface area contributed by atoms with Crippen LogP contribution in [0.1, 0.15) is 35.4 Å². The number of fused-ring (bicyclic) bond motifs is 1. The molecule has 1 aromatic carbocycles. The molecule has 0 atom stereocenters. The van der Waals surface area contributed by atoms with Crippen LogP contribution in [0.2, 0.25) is 0 Å². The summed E-state index contributed by atoms with van der Waals surface area (Å²) in [5.74, 6) is -0.0262. The molecule has 0 bridgehead atoms. The van der Waals surface area contributed by atoms with Gasteiger partial charge in [-0.15, -0.1) is 11.3 Å². The summed E-state index contributed by atoms with van der Waals surface area (Å²) in [5.41, 5.74) is 6.71. The van der Waals surface area contributed by atoms with Gasteiger partial charge >= 0.3 is 0 Å². The Hall–Kier alpha value is -1.07. The Morgan fingerprint density at radius 1 is 1.37 bits per heavy atom. The summed E-state index contributed by atoms with van der Waals surface area (Å²) in [7, 11) is 0. The number of anilines is 1. The summed E-state index contributed by atoms with van der Waals surface area (Å²) in [4.78, 5) is 12.9. The van der Waals surface area contributed by atoms with Gasteiger partial charge in [0.1, 0.15) is 4.88 Å². The summed E-state index contributed by atoms with van der Waals surface area (Å²) in [6, 6.07) is 6.25. The molecule has 1 heterocycles. The molecule has 1 aliphatic carbocycles. The standard InChI is InChI=1S/C14H15BrN2OS/c15-8-5-6-11-10(7-8)12(16)13(19-11)14(18)17-9-3-1-2-4-9/h5-7,9H,1-4,16H2,(H,17,18). The van der Waals surface area contributed by atoms with Gasteiger partial charge in [0, 0.05) is 20.6 Å². The highest BCUT2D eigenvalue weighted by atomic mass is 79.9. The molecule has 1 fully saturated rings. The van der Waals surface area contributed by atoms with E-state index in [9.17, 15) is 4.79 Å². The maximum atomic E-state index is 12.3. The van der Waals surface area contributed by atoms with Crippen molar-refractivity contribution in [2.45, 2.75) is 31.7 Å². The number of halogens is 1. The summed E-state index contributed by atoms with van der Waals surface area (Å²) < 4.78 is 2.03. The van der Waals surface area contributed by atoms with E-state index in [2.05, 4.69) is 21.2 Å². The van der Waals surface area contributed by atoms with Gasteiger partial charge in [0.15, 0.2) is 0 Å². The molecule has 0 spiro atoms. The van der Waals surface area contributed by atoms with E-state index in [4.69, 9.17) is 5.73 Å². The Balaban J connectivity index is 1.91. The van der Waals surface area contributed by atoms with Crippen molar-refractivity contribution in [2.24, 2.45) is 0 Å². The first-order valence-electron chi connectivity index (χ1n) is 6.43. The average Bonchev–Trinajstić information content (AvgIpc) is 2.98. The van der Waals surface area contributed by atoms with E-state index in [1.807, 2.05) is 18.2 Å². The number of hydrogen-bond acceptors (Lipinski definition) is 3. The van der Waals surface area contributed by atoms with Gasteiger partial charge in [0.25, 0.3) is 5.91 Å². The fourth-order valence-electron chi connectivity index (χ4n) is 2.58. The normalized spacial score (nSPS) is 16.1. The number of amides is 1. The Kier molecular flexibility index (Phi) is 3.50. The zero-order chi connectivity index (χ0) is 13.4. The molecule has 100 valence electrons. The minimum atomic E-state index is -0.0262. The SMILES string of the molecule is Nc1c(C(=O)NC2CCCC2)sc2ccc(Br)cc12. The predicted octanol–water partition coefficient (Wildman–Crippen LogP) is 3.92. The fraction of sp³-hybridized carbons (Fsp3) is 0.357. The van der Waals surface area contributed by atoms with Gasteiger partial charge in [-0.1, -0.05) is 28.8 Å². The maximum Gasteiger partial charge on any atom is 0.263 e. The second-order valence-electron chi connectivity index (χ2n) is 4.94. The largest absolute Gasteiger partial charge is 0.397 e. The van der Waals surface area contributed by atoms with Crippen molar-refractivity contribution in [3.63, 3.8) is 0 Å². The number of nitrogens with one attached hydrogen (secondary N) is 1. The molecule has 1 amide bonds. The molecular weight excluding hydrogens is 324 g/mol. The highest BCUT2D eigenvalue weighted by molar-refractivity contribution is 9.10. The fourth-order valence-corrected chi connectivity index (χ4v) is 3.95. The average molecular weight is 339 g/mol. The Bertz CT molecular complexity index is 632. The van der Waals surface area contributed by atoms with E-state index in [-0.39, 0.29) is 5.91 Å². The van der Waals surface area contributed by atoms with Crippen molar-refractivity contribution in [3.8, 4) is 0 Å². The highest BCUT2D eigenvalue weighted by Crippen LogP contribution is 2.35. The lowest BCUT2D eigenvalue weighted by Crippen LogP contribution is -2.32. The van der Waals surface area contributed by atoms with E-state index in [0.717, 1.165) is 27.4 Å². The van der Waals surface area contributed by atoms with Crippen LogP contribution in [0.15, 0.2) is 22.7 Å². The van der Waals surface area contributed by atoms with E-state index in [1.54, 1.807) is 0 Å². The number of nitrogen functional groups attached to an aromatic ring is 1. The molecule has 0 saturated heterocycles. The third-order valence-corrected chi connectivity index (χ3v) is 5.26. The van der Waals surface area contributed by atoms with Gasteiger partial charge in [-0.25, -0.2) is 0 Å². The van der Waals surface area contributed by atoms with E-state index in [1.165, 1.54) is 24.2 Å². The van der Waals surface area contributed by atoms with Crippen LogP contribution in [0, 0.1) is 0 Å². The van der Waals surface area contributed by atoms with Crippen LogP contribution < -0.4 is 11.1 Å². The number of benzene rings is 1. The Labute approximate surface area is 124 Å². The smallest absolute Gasteiger partial charge is 0.263 e. The van der Waals surface area contributed by atoms with Gasteiger partial charge in [0.2, 0.25) is 0 Å². The minimum Gasteiger partial charge on any atom is -0.397 e. The third kappa shape index (κ3) is 2.49. The van der Waals surface area contributed by atoms with Gasteiger partial charge in [-0.05, 0) is 31.0 Å². The zero-order valence-corrected chi connectivity index (χ0v) is 12.8. The van der Waals surface area contributed by atoms with E-state index < -0.39 is 0 Å². The van der Waals surface area contributed by atoms with Crippen LogP contribution in [-0.2, 0) is 0 Å².